The summed E-state index contributed by atoms with van der Waals surface area (Å²) >= 11 is 0. The predicted molar refractivity (Wildman–Crippen MR) is 55.3 cm³/mol. The molecule has 1 amide bonds. The minimum atomic E-state index is -0.975. The van der Waals surface area contributed by atoms with Crippen molar-refractivity contribution in [2.75, 3.05) is 0 Å². The van der Waals surface area contributed by atoms with Gasteiger partial charge in [0.15, 0.2) is 0 Å². The summed E-state index contributed by atoms with van der Waals surface area (Å²) in [4.78, 5) is 29.7. The summed E-state index contributed by atoms with van der Waals surface area (Å²) in [5.41, 5.74) is 14.7. The highest BCUT2D eigenvalue weighted by atomic mass is 16.4. The Morgan fingerprint density at radius 3 is 1.75 bits per heavy atom. The molecule has 0 saturated carbocycles. The first-order valence-corrected chi connectivity index (χ1v) is 4.43. The van der Waals surface area contributed by atoms with E-state index in [1.807, 2.05) is 0 Å². The molecular weight excluding hydrogens is 218 g/mol. The van der Waals surface area contributed by atoms with Crippen LogP contribution in [-0.2, 0) is 14.4 Å². The minimum Gasteiger partial charge on any atom is -0.481 e. The van der Waals surface area contributed by atoms with Gasteiger partial charge in [-0.3, -0.25) is 14.4 Å². The number of primary amides is 1. The van der Waals surface area contributed by atoms with Crippen LogP contribution in [0.4, 0.5) is 0 Å². The molecule has 2 atom stereocenters. The Hall–Kier alpha value is -1.67. The van der Waals surface area contributed by atoms with Gasteiger partial charge in [-0.2, -0.15) is 0 Å². The van der Waals surface area contributed by atoms with E-state index in [0.717, 1.165) is 0 Å². The summed E-state index contributed by atoms with van der Waals surface area (Å²) in [5, 5.41) is 16.0. The van der Waals surface area contributed by atoms with Crippen molar-refractivity contribution in [1.29, 1.82) is 0 Å². The van der Waals surface area contributed by atoms with Gasteiger partial charge in [0.2, 0.25) is 5.91 Å². The molecule has 0 aromatic carbocycles. The fourth-order valence-corrected chi connectivity index (χ4v) is 0.421. The van der Waals surface area contributed by atoms with Crippen LogP contribution in [0.25, 0.3) is 0 Å². The topological polar surface area (TPSA) is 170 Å². The number of carboxylic acids is 2. The molecule has 0 saturated heterocycles. The zero-order valence-corrected chi connectivity index (χ0v) is 8.92. The lowest BCUT2D eigenvalue weighted by atomic mass is 10.1. The smallest absolute Gasteiger partial charge is 0.320 e. The Balaban J connectivity index is 0. The van der Waals surface area contributed by atoms with Gasteiger partial charge >= 0.3 is 11.9 Å². The predicted octanol–water partition coefficient (Wildman–Crippen LogP) is -1.92. The van der Waals surface area contributed by atoms with Gasteiger partial charge in [-0.05, 0) is 13.3 Å². The lowest BCUT2D eigenvalue weighted by molar-refractivity contribution is -0.138. The van der Waals surface area contributed by atoms with Crippen LogP contribution < -0.4 is 17.2 Å². The second-order valence-corrected chi connectivity index (χ2v) is 3.07. The van der Waals surface area contributed by atoms with Crippen molar-refractivity contribution in [3.63, 3.8) is 0 Å². The van der Waals surface area contributed by atoms with Gasteiger partial charge in [-0.15, -0.1) is 0 Å². The third-order valence-electron chi connectivity index (χ3n) is 1.42. The largest absolute Gasteiger partial charge is 0.481 e. The Kier molecular flexibility index (Phi) is 9.03. The van der Waals surface area contributed by atoms with E-state index >= 15 is 0 Å². The number of nitrogens with two attached hydrogens (primary N) is 3. The Labute approximate surface area is 92.4 Å². The van der Waals surface area contributed by atoms with Crippen LogP contribution in [0.15, 0.2) is 0 Å². The van der Waals surface area contributed by atoms with E-state index in [1.165, 1.54) is 6.92 Å². The van der Waals surface area contributed by atoms with Crippen molar-refractivity contribution in [2.24, 2.45) is 17.2 Å². The lowest BCUT2D eigenvalue weighted by Gasteiger charge is -2.02. The quantitative estimate of drug-likeness (QED) is 0.369. The summed E-state index contributed by atoms with van der Waals surface area (Å²) in [7, 11) is 0. The SMILES string of the molecule is CC(N)C(=O)O.NC(=O)C(N)CCC(=O)O. The number of hydrogen-bond donors (Lipinski definition) is 5. The van der Waals surface area contributed by atoms with E-state index in [1.54, 1.807) is 0 Å². The van der Waals surface area contributed by atoms with Crippen LogP contribution in [-0.4, -0.2) is 40.1 Å². The minimum absolute atomic E-state index is 0.102. The second kappa shape index (κ2) is 8.62. The van der Waals surface area contributed by atoms with E-state index in [0.29, 0.717) is 0 Å². The average Bonchev–Trinajstić information content (AvgIpc) is 2.14. The van der Waals surface area contributed by atoms with Gasteiger partial charge in [-0.1, -0.05) is 0 Å². The molecule has 0 aliphatic carbocycles. The fourth-order valence-electron chi connectivity index (χ4n) is 0.421. The third kappa shape index (κ3) is 12.3. The first-order chi connectivity index (χ1) is 7.18. The van der Waals surface area contributed by atoms with Gasteiger partial charge in [0.25, 0.3) is 0 Å². The number of hydrogen-bond acceptors (Lipinski definition) is 5. The lowest BCUT2D eigenvalue weighted by Crippen LogP contribution is -2.36. The molecule has 16 heavy (non-hydrogen) atoms. The van der Waals surface area contributed by atoms with Gasteiger partial charge in [0.1, 0.15) is 6.04 Å². The van der Waals surface area contributed by atoms with Crippen molar-refractivity contribution in [1.82, 2.24) is 0 Å². The first-order valence-electron chi connectivity index (χ1n) is 4.43. The van der Waals surface area contributed by atoms with Gasteiger partial charge < -0.3 is 27.4 Å². The number of carbonyl (C=O) groups excluding carboxylic acids is 1. The van der Waals surface area contributed by atoms with Crippen LogP contribution in [0.1, 0.15) is 19.8 Å². The van der Waals surface area contributed by atoms with Crippen molar-refractivity contribution in [3.05, 3.63) is 0 Å². The van der Waals surface area contributed by atoms with Crippen LogP contribution in [0.3, 0.4) is 0 Å². The number of rotatable bonds is 5. The highest BCUT2D eigenvalue weighted by Crippen LogP contribution is 1.92. The number of carbonyl (C=O) groups is 3. The highest BCUT2D eigenvalue weighted by Gasteiger charge is 2.10. The molecule has 0 radical (unpaired) electrons. The van der Waals surface area contributed by atoms with Crippen molar-refractivity contribution in [2.45, 2.75) is 31.8 Å². The molecule has 0 aromatic rings. The van der Waals surface area contributed by atoms with Gasteiger partial charge in [-0.25, -0.2) is 0 Å². The maximum absolute atomic E-state index is 10.2. The molecule has 0 aromatic heterocycles. The van der Waals surface area contributed by atoms with Gasteiger partial charge in [0, 0.05) is 6.42 Å². The Morgan fingerprint density at radius 2 is 1.56 bits per heavy atom. The number of carboxylic acid groups (broad SMARTS) is 2. The summed E-state index contributed by atoms with van der Waals surface area (Å²) in [5.74, 6) is -2.60. The molecule has 94 valence electrons. The van der Waals surface area contributed by atoms with Crippen molar-refractivity contribution < 1.29 is 24.6 Å². The molecule has 0 spiro atoms. The number of amides is 1. The molecule has 2 unspecified atom stereocenters. The Morgan fingerprint density at radius 1 is 1.19 bits per heavy atom. The summed E-state index contributed by atoms with van der Waals surface area (Å²) in [6, 6.07) is -1.57. The molecule has 8 heteroatoms. The molecule has 8 nitrogen and oxygen atoms in total. The zero-order chi connectivity index (χ0) is 13.3. The highest BCUT2D eigenvalue weighted by molar-refractivity contribution is 5.80. The average molecular weight is 235 g/mol. The molecule has 0 aliphatic rings. The van der Waals surface area contributed by atoms with E-state index in [-0.39, 0.29) is 12.8 Å². The summed E-state index contributed by atoms with van der Waals surface area (Å²) in [6.07, 6.45) is -0.0191. The molecule has 0 aliphatic heterocycles. The molecule has 8 N–H and O–H groups in total. The summed E-state index contributed by atoms with van der Waals surface area (Å²) in [6.45, 7) is 1.42. The zero-order valence-electron chi connectivity index (χ0n) is 8.92. The van der Waals surface area contributed by atoms with E-state index in [9.17, 15) is 14.4 Å². The van der Waals surface area contributed by atoms with E-state index < -0.39 is 29.9 Å². The molecule has 0 bridgehead atoms. The van der Waals surface area contributed by atoms with Crippen LogP contribution in [0.2, 0.25) is 0 Å². The van der Waals surface area contributed by atoms with Crippen LogP contribution >= 0.6 is 0 Å². The van der Waals surface area contributed by atoms with Crippen molar-refractivity contribution >= 4 is 17.8 Å². The maximum atomic E-state index is 10.2. The van der Waals surface area contributed by atoms with Gasteiger partial charge in [0.05, 0.1) is 6.04 Å². The molecule has 0 rings (SSSR count). The monoisotopic (exact) mass is 235 g/mol. The summed E-state index contributed by atoms with van der Waals surface area (Å²) < 4.78 is 0. The number of aliphatic carboxylic acids is 2. The third-order valence-corrected chi connectivity index (χ3v) is 1.42. The second-order valence-electron chi connectivity index (χ2n) is 3.07. The Bertz CT molecular complexity index is 254. The normalized spacial score (nSPS) is 12.9. The van der Waals surface area contributed by atoms with Crippen molar-refractivity contribution in [3.8, 4) is 0 Å². The molecule has 0 heterocycles. The van der Waals surface area contributed by atoms with Crippen LogP contribution in [0, 0.1) is 0 Å². The molecular formula is C8H17N3O5. The standard InChI is InChI=1S/C5H10N2O3.C3H7NO2/c6-3(5(7)10)1-2-4(8)9;1-2(4)3(5)6/h3H,1-2,6H2,(H2,7,10)(H,8,9);2H,4H2,1H3,(H,5,6). The van der Waals surface area contributed by atoms with E-state index in [4.69, 9.17) is 27.4 Å². The van der Waals surface area contributed by atoms with E-state index in [2.05, 4.69) is 0 Å². The maximum Gasteiger partial charge on any atom is 0.320 e. The van der Waals surface area contributed by atoms with Crippen LogP contribution in [0.5, 0.6) is 0 Å². The first kappa shape index (κ1) is 16.7. The fraction of sp³-hybridized carbons (Fsp3) is 0.625. The molecule has 0 fully saturated rings.